The molecule has 5 amide bonds. The maximum atomic E-state index is 12.4. The SMILES string of the molecule is C#CCN(C(=O)NCC(=O)OCC1CO1)C(=O)N(C=O)CC(=O)OCC1CO1. The van der Waals surface area contributed by atoms with E-state index >= 15 is 0 Å². The van der Waals surface area contributed by atoms with Crippen LogP contribution in [0.15, 0.2) is 0 Å². The Morgan fingerprint density at radius 2 is 1.68 bits per heavy atom. The lowest BCUT2D eigenvalue weighted by Crippen LogP contribution is -2.52. The highest BCUT2D eigenvalue weighted by molar-refractivity contribution is 5.99. The van der Waals surface area contributed by atoms with Crippen LogP contribution in [0, 0.1) is 12.3 Å². The molecule has 0 aliphatic carbocycles. The predicted octanol–water partition coefficient (Wildman–Crippen LogP) is -1.91. The molecule has 0 aromatic rings. The van der Waals surface area contributed by atoms with Crippen LogP contribution in [0.3, 0.4) is 0 Å². The molecule has 28 heavy (non-hydrogen) atoms. The highest BCUT2D eigenvalue weighted by Gasteiger charge is 2.30. The minimum Gasteiger partial charge on any atom is -0.462 e. The molecule has 0 saturated carbocycles. The van der Waals surface area contributed by atoms with Gasteiger partial charge in [0.05, 0.1) is 19.8 Å². The zero-order valence-electron chi connectivity index (χ0n) is 14.8. The number of epoxide rings is 2. The highest BCUT2D eigenvalue weighted by Crippen LogP contribution is 2.09. The number of hydrogen-bond acceptors (Lipinski definition) is 9. The van der Waals surface area contributed by atoms with Crippen LogP contribution in [0.1, 0.15) is 0 Å². The van der Waals surface area contributed by atoms with Gasteiger partial charge in [-0.1, -0.05) is 5.92 Å². The topological polar surface area (TPSA) is 147 Å². The van der Waals surface area contributed by atoms with Crippen LogP contribution in [0.5, 0.6) is 0 Å². The lowest BCUT2D eigenvalue weighted by Gasteiger charge is -2.23. The maximum absolute atomic E-state index is 12.4. The smallest absolute Gasteiger partial charge is 0.336 e. The van der Waals surface area contributed by atoms with Crippen molar-refractivity contribution >= 4 is 30.4 Å². The molecule has 0 spiro atoms. The summed E-state index contributed by atoms with van der Waals surface area (Å²) in [5, 5.41) is 2.15. The summed E-state index contributed by atoms with van der Waals surface area (Å²) in [6.07, 6.45) is 4.89. The second-order valence-electron chi connectivity index (χ2n) is 5.74. The van der Waals surface area contributed by atoms with Gasteiger partial charge in [-0.2, -0.15) is 0 Å². The third-order valence-electron chi connectivity index (χ3n) is 3.45. The molecular weight excluding hydrogens is 378 g/mol. The molecule has 2 saturated heterocycles. The molecule has 2 fully saturated rings. The average molecular weight is 397 g/mol. The van der Waals surface area contributed by atoms with Crippen LogP contribution in [-0.2, 0) is 33.3 Å². The number of amides is 5. The first-order chi connectivity index (χ1) is 13.4. The summed E-state index contributed by atoms with van der Waals surface area (Å²) < 4.78 is 19.4. The molecule has 2 heterocycles. The zero-order valence-corrected chi connectivity index (χ0v) is 14.8. The second-order valence-corrected chi connectivity index (χ2v) is 5.74. The van der Waals surface area contributed by atoms with Crippen molar-refractivity contribution in [3.05, 3.63) is 0 Å². The maximum Gasteiger partial charge on any atom is 0.336 e. The summed E-state index contributed by atoms with van der Waals surface area (Å²) in [5.74, 6) is 0.483. The molecule has 2 aliphatic heterocycles. The Hall–Kier alpha value is -3.17. The second kappa shape index (κ2) is 10.2. The Labute approximate surface area is 160 Å². The summed E-state index contributed by atoms with van der Waals surface area (Å²) in [7, 11) is 0. The first-order valence-electron chi connectivity index (χ1n) is 8.23. The molecular formula is C16H19N3O9. The molecule has 2 atom stereocenters. The lowest BCUT2D eigenvalue weighted by molar-refractivity contribution is -0.146. The van der Waals surface area contributed by atoms with Crippen molar-refractivity contribution in [3.8, 4) is 12.3 Å². The fourth-order valence-electron chi connectivity index (χ4n) is 1.80. The van der Waals surface area contributed by atoms with E-state index in [4.69, 9.17) is 25.4 Å². The van der Waals surface area contributed by atoms with Gasteiger partial charge in [-0.25, -0.2) is 14.5 Å². The van der Waals surface area contributed by atoms with Gasteiger partial charge in [0.1, 0.15) is 38.5 Å². The van der Waals surface area contributed by atoms with Gasteiger partial charge in [0.25, 0.3) is 0 Å². The van der Waals surface area contributed by atoms with E-state index < -0.39 is 43.6 Å². The Bertz CT molecular complexity index is 667. The Balaban J connectivity index is 1.83. The summed E-state index contributed by atoms with van der Waals surface area (Å²) >= 11 is 0. The molecule has 152 valence electrons. The summed E-state index contributed by atoms with van der Waals surface area (Å²) in [6.45, 7) is -0.698. The van der Waals surface area contributed by atoms with Crippen LogP contribution in [0.4, 0.5) is 9.59 Å². The minimum absolute atomic E-state index is 0.00227. The lowest BCUT2D eigenvalue weighted by atomic mass is 10.5. The number of nitrogens with one attached hydrogen (secondary N) is 1. The molecule has 2 rings (SSSR count). The molecule has 12 heteroatoms. The first-order valence-corrected chi connectivity index (χ1v) is 8.23. The average Bonchev–Trinajstić information content (AvgIpc) is 3.58. The predicted molar refractivity (Wildman–Crippen MR) is 88.5 cm³/mol. The monoisotopic (exact) mass is 397 g/mol. The summed E-state index contributed by atoms with van der Waals surface area (Å²) in [6, 6.07) is -2.18. The number of carbonyl (C=O) groups is 5. The largest absolute Gasteiger partial charge is 0.462 e. The number of hydrogen-bond donors (Lipinski definition) is 1. The minimum atomic E-state index is -1.15. The number of esters is 2. The van der Waals surface area contributed by atoms with Crippen LogP contribution in [0.2, 0.25) is 0 Å². The number of carbonyl (C=O) groups excluding carboxylic acids is 5. The van der Waals surface area contributed by atoms with E-state index in [1.54, 1.807) is 0 Å². The molecule has 0 bridgehead atoms. The third kappa shape index (κ3) is 7.22. The summed E-state index contributed by atoms with van der Waals surface area (Å²) in [5.41, 5.74) is 0. The fraction of sp³-hybridized carbons (Fsp3) is 0.562. The van der Waals surface area contributed by atoms with E-state index in [2.05, 4.69) is 11.2 Å². The summed E-state index contributed by atoms with van der Waals surface area (Å²) in [4.78, 5) is 59.8. The van der Waals surface area contributed by atoms with Crippen molar-refractivity contribution in [2.24, 2.45) is 0 Å². The molecule has 1 N–H and O–H groups in total. The Morgan fingerprint density at radius 1 is 1.11 bits per heavy atom. The van der Waals surface area contributed by atoms with Gasteiger partial charge in [-0.05, 0) is 0 Å². The van der Waals surface area contributed by atoms with Crippen molar-refractivity contribution < 1.29 is 42.9 Å². The van der Waals surface area contributed by atoms with E-state index in [0.29, 0.717) is 23.0 Å². The van der Waals surface area contributed by atoms with E-state index in [-0.39, 0.29) is 31.8 Å². The van der Waals surface area contributed by atoms with Crippen molar-refractivity contribution in [3.63, 3.8) is 0 Å². The van der Waals surface area contributed by atoms with E-state index in [1.807, 2.05) is 0 Å². The van der Waals surface area contributed by atoms with Gasteiger partial charge < -0.3 is 24.3 Å². The number of imide groups is 2. The van der Waals surface area contributed by atoms with Gasteiger partial charge >= 0.3 is 24.0 Å². The van der Waals surface area contributed by atoms with E-state index in [9.17, 15) is 24.0 Å². The number of ether oxygens (including phenoxy) is 4. The molecule has 0 aromatic heterocycles. The zero-order chi connectivity index (χ0) is 20.5. The number of rotatable bonds is 10. The fourth-order valence-corrected chi connectivity index (χ4v) is 1.80. The van der Waals surface area contributed by atoms with Gasteiger partial charge in [0, 0.05) is 0 Å². The van der Waals surface area contributed by atoms with Crippen LogP contribution >= 0.6 is 0 Å². The van der Waals surface area contributed by atoms with Crippen LogP contribution < -0.4 is 5.32 Å². The first kappa shape index (κ1) is 21.1. The normalized spacial score (nSPS) is 18.8. The van der Waals surface area contributed by atoms with Crippen molar-refractivity contribution in [2.75, 3.05) is 46.1 Å². The molecule has 2 unspecified atom stereocenters. The number of terminal acetylenes is 1. The Morgan fingerprint density at radius 3 is 2.18 bits per heavy atom. The van der Waals surface area contributed by atoms with Crippen molar-refractivity contribution in [1.29, 1.82) is 0 Å². The Kier molecular flexibility index (Phi) is 7.73. The highest BCUT2D eigenvalue weighted by atomic mass is 16.6. The molecule has 0 aromatic carbocycles. The van der Waals surface area contributed by atoms with Gasteiger partial charge in [-0.3, -0.25) is 19.3 Å². The van der Waals surface area contributed by atoms with Gasteiger partial charge in [0.15, 0.2) is 0 Å². The number of nitrogens with zero attached hydrogens (tertiary/aromatic N) is 2. The molecule has 2 aliphatic rings. The van der Waals surface area contributed by atoms with Crippen LogP contribution in [-0.4, -0.2) is 98.5 Å². The van der Waals surface area contributed by atoms with Crippen molar-refractivity contribution in [1.82, 2.24) is 15.1 Å². The van der Waals surface area contributed by atoms with Crippen molar-refractivity contribution in [2.45, 2.75) is 12.2 Å². The van der Waals surface area contributed by atoms with Crippen LogP contribution in [0.25, 0.3) is 0 Å². The van der Waals surface area contributed by atoms with Gasteiger partial charge in [0.2, 0.25) is 6.41 Å². The quantitative estimate of drug-likeness (QED) is 0.193. The third-order valence-corrected chi connectivity index (χ3v) is 3.45. The van der Waals surface area contributed by atoms with E-state index in [0.717, 1.165) is 0 Å². The van der Waals surface area contributed by atoms with E-state index in [1.165, 1.54) is 0 Å². The molecule has 12 nitrogen and oxygen atoms in total. The standard InChI is InChI=1S/C16H19N3O9/c1-2-3-19(15(23)17-4-13(21)27-8-11-6-25-11)16(24)18(10-20)5-14(22)28-9-12-7-26-12/h1,10-12H,3-9H2,(H,17,23). The van der Waals surface area contributed by atoms with Gasteiger partial charge in [-0.15, -0.1) is 6.42 Å². The molecule has 0 radical (unpaired) electrons. The number of urea groups is 2.